The highest BCUT2D eigenvalue weighted by Crippen LogP contribution is 2.26. The molecule has 0 saturated heterocycles. The van der Waals surface area contributed by atoms with Crippen LogP contribution in [0.4, 0.5) is 10.1 Å². The Hall–Kier alpha value is -3.92. The second kappa shape index (κ2) is 13.7. The normalized spacial score (nSPS) is 11.9. The van der Waals surface area contributed by atoms with Gasteiger partial charge >= 0.3 is 0 Å². The Morgan fingerprint density at radius 2 is 1.59 bits per heavy atom. The number of nitrogens with one attached hydrogen (secondary N) is 1. The maximum Gasteiger partial charge on any atom is 0.264 e. The van der Waals surface area contributed by atoms with Crippen molar-refractivity contribution < 1.29 is 27.1 Å². The van der Waals surface area contributed by atoms with E-state index < -0.39 is 34.3 Å². The number of sulfonamides is 1. The minimum absolute atomic E-state index is 0.00838. The Labute approximate surface area is 229 Å². The van der Waals surface area contributed by atoms with E-state index in [2.05, 4.69) is 5.32 Å². The molecule has 0 aliphatic heterocycles. The predicted octanol–water partition coefficient (Wildman–Crippen LogP) is 4.36. The zero-order chi connectivity index (χ0) is 28.4. The van der Waals surface area contributed by atoms with Gasteiger partial charge in [-0.2, -0.15) is 0 Å². The molecule has 0 aromatic heterocycles. The monoisotopic (exact) mass is 555 g/mol. The van der Waals surface area contributed by atoms with E-state index >= 15 is 0 Å². The van der Waals surface area contributed by atoms with Gasteiger partial charge < -0.3 is 15.0 Å². The second-order valence-corrected chi connectivity index (χ2v) is 10.7. The van der Waals surface area contributed by atoms with Crippen molar-refractivity contribution in [3.63, 3.8) is 0 Å². The van der Waals surface area contributed by atoms with Crippen LogP contribution in [0, 0.1) is 5.82 Å². The van der Waals surface area contributed by atoms with Gasteiger partial charge in [0.15, 0.2) is 0 Å². The summed E-state index contributed by atoms with van der Waals surface area (Å²) in [4.78, 5) is 27.9. The van der Waals surface area contributed by atoms with Gasteiger partial charge in [-0.15, -0.1) is 0 Å². The molecule has 1 atom stereocenters. The van der Waals surface area contributed by atoms with E-state index in [1.807, 2.05) is 13.8 Å². The Morgan fingerprint density at radius 1 is 0.949 bits per heavy atom. The van der Waals surface area contributed by atoms with Crippen molar-refractivity contribution in [1.29, 1.82) is 0 Å². The zero-order valence-corrected chi connectivity index (χ0v) is 23.2. The Balaban J connectivity index is 1.97. The molecule has 3 aromatic carbocycles. The highest BCUT2D eigenvalue weighted by atomic mass is 32.2. The standard InChI is InChI=1S/C29H34FN3O5S/c1-4-19-31-29(35)22(3)32(20-23-11-13-24(30)14-12-23)28(34)21-33(25-9-7-6-8-10-25)39(36,37)27-17-15-26(16-18-27)38-5-2/h6-18,22H,4-5,19-21H2,1-3H3,(H,31,35)/t22-/m1/s1. The van der Waals surface area contributed by atoms with Crippen molar-refractivity contribution in [2.45, 2.75) is 44.7 Å². The number of nitrogens with zero attached hydrogens (tertiary/aromatic N) is 2. The third-order valence-corrected chi connectivity index (χ3v) is 7.82. The number of para-hydroxylation sites is 1. The quantitative estimate of drug-likeness (QED) is 0.338. The lowest BCUT2D eigenvalue weighted by atomic mass is 10.1. The number of hydrogen-bond donors (Lipinski definition) is 1. The van der Waals surface area contributed by atoms with Crippen LogP contribution in [0.2, 0.25) is 0 Å². The van der Waals surface area contributed by atoms with Crippen LogP contribution in [0.5, 0.6) is 5.75 Å². The van der Waals surface area contributed by atoms with Crippen molar-refractivity contribution in [2.24, 2.45) is 0 Å². The third kappa shape index (κ3) is 7.79. The smallest absolute Gasteiger partial charge is 0.264 e. The van der Waals surface area contributed by atoms with Gasteiger partial charge in [0.2, 0.25) is 11.8 Å². The van der Waals surface area contributed by atoms with Gasteiger partial charge in [-0.1, -0.05) is 37.3 Å². The Kier molecular flexibility index (Phi) is 10.4. The fraction of sp³-hybridized carbons (Fsp3) is 0.310. The molecule has 0 spiro atoms. The van der Waals surface area contributed by atoms with Gasteiger partial charge in [0.05, 0.1) is 17.2 Å². The third-order valence-electron chi connectivity index (χ3n) is 6.03. The van der Waals surface area contributed by atoms with Crippen LogP contribution in [-0.2, 0) is 26.2 Å². The molecular formula is C29H34FN3O5S. The SMILES string of the molecule is CCCNC(=O)[C@@H](C)N(Cc1ccc(F)cc1)C(=O)CN(c1ccccc1)S(=O)(=O)c1ccc(OCC)cc1. The molecule has 0 bridgehead atoms. The maximum absolute atomic E-state index is 13.8. The Bertz CT molecular complexity index is 1330. The first-order valence-electron chi connectivity index (χ1n) is 12.8. The van der Waals surface area contributed by atoms with Gasteiger partial charge in [-0.05, 0) is 74.4 Å². The van der Waals surface area contributed by atoms with Crippen LogP contribution in [0.25, 0.3) is 0 Å². The summed E-state index contributed by atoms with van der Waals surface area (Å²) in [5, 5.41) is 2.78. The zero-order valence-electron chi connectivity index (χ0n) is 22.3. The van der Waals surface area contributed by atoms with Gasteiger partial charge in [0, 0.05) is 13.1 Å². The van der Waals surface area contributed by atoms with Crippen LogP contribution in [0.15, 0.2) is 83.8 Å². The molecule has 0 saturated carbocycles. The molecule has 3 aromatic rings. The van der Waals surface area contributed by atoms with E-state index in [1.54, 1.807) is 49.4 Å². The van der Waals surface area contributed by atoms with Crippen LogP contribution in [-0.4, -0.2) is 50.9 Å². The molecule has 0 heterocycles. The Morgan fingerprint density at radius 3 is 2.18 bits per heavy atom. The number of ether oxygens (including phenoxy) is 1. The number of benzene rings is 3. The minimum atomic E-state index is -4.17. The number of hydrogen-bond acceptors (Lipinski definition) is 5. The largest absolute Gasteiger partial charge is 0.494 e. The lowest BCUT2D eigenvalue weighted by Gasteiger charge is -2.32. The van der Waals surface area contributed by atoms with Gasteiger partial charge in [-0.25, -0.2) is 12.8 Å². The summed E-state index contributed by atoms with van der Waals surface area (Å²) in [7, 11) is -4.17. The van der Waals surface area contributed by atoms with Crippen molar-refractivity contribution in [2.75, 3.05) is 24.0 Å². The summed E-state index contributed by atoms with van der Waals surface area (Å²) in [6.45, 7) is 5.64. The summed E-state index contributed by atoms with van der Waals surface area (Å²) in [5.74, 6) is -0.858. The van der Waals surface area contributed by atoms with E-state index in [9.17, 15) is 22.4 Å². The van der Waals surface area contributed by atoms with E-state index in [1.165, 1.54) is 41.3 Å². The van der Waals surface area contributed by atoms with Crippen molar-refractivity contribution >= 4 is 27.5 Å². The maximum atomic E-state index is 13.8. The molecule has 0 aliphatic carbocycles. The molecule has 2 amide bonds. The molecule has 0 aliphatic rings. The van der Waals surface area contributed by atoms with E-state index in [-0.39, 0.29) is 17.3 Å². The van der Waals surface area contributed by atoms with E-state index in [0.29, 0.717) is 36.6 Å². The summed E-state index contributed by atoms with van der Waals surface area (Å²) in [6, 6.07) is 19.0. The summed E-state index contributed by atoms with van der Waals surface area (Å²) < 4.78 is 47.5. The van der Waals surface area contributed by atoms with Gasteiger partial charge in [0.25, 0.3) is 10.0 Å². The lowest BCUT2D eigenvalue weighted by Crippen LogP contribution is -2.51. The predicted molar refractivity (Wildman–Crippen MR) is 148 cm³/mol. The molecule has 39 heavy (non-hydrogen) atoms. The molecule has 208 valence electrons. The molecule has 0 fully saturated rings. The number of halogens is 1. The molecule has 3 rings (SSSR count). The number of anilines is 1. The molecule has 10 heteroatoms. The van der Waals surface area contributed by atoms with Crippen molar-refractivity contribution in [3.05, 3.63) is 90.2 Å². The van der Waals surface area contributed by atoms with Gasteiger partial charge in [-0.3, -0.25) is 13.9 Å². The number of rotatable bonds is 13. The second-order valence-electron chi connectivity index (χ2n) is 8.87. The first kappa shape index (κ1) is 29.6. The highest BCUT2D eigenvalue weighted by molar-refractivity contribution is 7.92. The molecule has 0 unspecified atom stereocenters. The average molecular weight is 556 g/mol. The van der Waals surface area contributed by atoms with Crippen LogP contribution < -0.4 is 14.4 Å². The van der Waals surface area contributed by atoms with Crippen molar-refractivity contribution in [1.82, 2.24) is 10.2 Å². The lowest BCUT2D eigenvalue weighted by molar-refractivity contribution is -0.139. The minimum Gasteiger partial charge on any atom is -0.494 e. The fourth-order valence-corrected chi connectivity index (χ4v) is 5.30. The number of amides is 2. The fourth-order valence-electron chi connectivity index (χ4n) is 3.89. The topological polar surface area (TPSA) is 96.0 Å². The van der Waals surface area contributed by atoms with Crippen LogP contribution >= 0.6 is 0 Å². The summed E-state index contributed by atoms with van der Waals surface area (Å²) in [5.41, 5.74) is 0.894. The first-order valence-corrected chi connectivity index (χ1v) is 14.2. The summed E-state index contributed by atoms with van der Waals surface area (Å²) in [6.07, 6.45) is 0.715. The molecular weight excluding hydrogens is 521 g/mol. The van der Waals surface area contributed by atoms with Crippen molar-refractivity contribution in [3.8, 4) is 5.75 Å². The number of carbonyl (C=O) groups excluding carboxylic acids is 2. The summed E-state index contributed by atoms with van der Waals surface area (Å²) >= 11 is 0. The van der Waals surface area contributed by atoms with E-state index in [4.69, 9.17) is 4.74 Å². The highest BCUT2D eigenvalue weighted by Gasteiger charge is 2.32. The number of carbonyl (C=O) groups is 2. The molecule has 1 N–H and O–H groups in total. The molecule has 8 nitrogen and oxygen atoms in total. The van der Waals surface area contributed by atoms with E-state index in [0.717, 1.165) is 4.31 Å². The average Bonchev–Trinajstić information content (AvgIpc) is 2.94. The van der Waals surface area contributed by atoms with Crippen LogP contribution in [0.3, 0.4) is 0 Å². The van der Waals surface area contributed by atoms with Crippen LogP contribution in [0.1, 0.15) is 32.8 Å². The molecule has 0 radical (unpaired) electrons. The first-order chi connectivity index (χ1) is 18.7. The van der Waals surface area contributed by atoms with Gasteiger partial charge in [0.1, 0.15) is 24.2 Å².